The van der Waals surface area contributed by atoms with Crippen molar-refractivity contribution in [3.63, 3.8) is 0 Å². The Labute approximate surface area is 95.1 Å². The SMILES string of the molecule is CC(C)O.CCC(C)O.CCCC(C)O. The van der Waals surface area contributed by atoms with Gasteiger partial charge in [0.05, 0.1) is 12.2 Å². The molecule has 3 nitrogen and oxygen atoms in total. The number of hydrogen-bond donors (Lipinski definition) is 3. The van der Waals surface area contributed by atoms with E-state index in [1.807, 2.05) is 13.8 Å². The summed E-state index contributed by atoms with van der Waals surface area (Å²) in [7, 11) is 0. The minimum absolute atomic E-state index is 0.102. The van der Waals surface area contributed by atoms with Crippen LogP contribution in [0.3, 0.4) is 0 Å². The molecule has 2 unspecified atom stereocenters. The van der Waals surface area contributed by atoms with Crippen molar-refractivity contribution in [2.75, 3.05) is 0 Å². The smallest absolute Gasteiger partial charge is 0.0512 e. The van der Waals surface area contributed by atoms with Crippen molar-refractivity contribution in [2.24, 2.45) is 0 Å². The molecular formula is C12H30O3. The van der Waals surface area contributed by atoms with E-state index in [-0.39, 0.29) is 18.3 Å². The van der Waals surface area contributed by atoms with Crippen molar-refractivity contribution in [3.05, 3.63) is 0 Å². The molecule has 0 aromatic heterocycles. The number of aliphatic hydroxyl groups is 3. The van der Waals surface area contributed by atoms with Crippen molar-refractivity contribution in [1.82, 2.24) is 0 Å². The lowest BCUT2D eigenvalue weighted by Crippen LogP contribution is -1.95. The van der Waals surface area contributed by atoms with Crippen molar-refractivity contribution in [2.45, 2.75) is 79.1 Å². The average Bonchev–Trinajstić information content (AvgIpc) is 2.03. The summed E-state index contributed by atoms with van der Waals surface area (Å²) in [5.74, 6) is 0. The van der Waals surface area contributed by atoms with Gasteiger partial charge in [0.1, 0.15) is 0 Å². The van der Waals surface area contributed by atoms with Crippen LogP contribution in [0.15, 0.2) is 0 Å². The van der Waals surface area contributed by atoms with Gasteiger partial charge in [-0.25, -0.2) is 0 Å². The van der Waals surface area contributed by atoms with Gasteiger partial charge in [0.2, 0.25) is 0 Å². The molecule has 0 aromatic rings. The number of aliphatic hydroxyl groups excluding tert-OH is 3. The van der Waals surface area contributed by atoms with Crippen LogP contribution < -0.4 is 0 Å². The molecule has 15 heavy (non-hydrogen) atoms. The average molecular weight is 222 g/mol. The predicted octanol–water partition coefficient (Wildman–Crippen LogP) is 2.33. The minimum Gasteiger partial charge on any atom is -0.394 e. The molecule has 0 bridgehead atoms. The molecule has 0 spiro atoms. The van der Waals surface area contributed by atoms with Gasteiger partial charge in [0.25, 0.3) is 0 Å². The fourth-order valence-corrected chi connectivity index (χ4v) is 0.418. The maximum Gasteiger partial charge on any atom is 0.0512 e. The highest BCUT2D eigenvalue weighted by molar-refractivity contribution is 4.40. The molecular weight excluding hydrogens is 192 g/mol. The van der Waals surface area contributed by atoms with Crippen molar-refractivity contribution in [3.8, 4) is 0 Å². The Kier molecular flexibility index (Phi) is 22.1. The monoisotopic (exact) mass is 222 g/mol. The van der Waals surface area contributed by atoms with Crippen LogP contribution in [0.1, 0.15) is 60.8 Å². The van der Waals surface area contributed by atoms with Crippen LogP contribution in [-0.2, 0) is 0 Å². The summed E-state index contributed by atoms with van der Waals surface area (Å²) in [6, 6.07) is 0. The van der Waals surface area contributed by atoms with Crippen LogP contribution in [0.25, 0.3) is 0 Å². The lowest BCUT2D eigenvalue weighted by Gasteiger charge is -1.95. The molecule has 0 aromatic carbocycles. The van der Waals surface area contributed by atoms with Crippen LogP contribution in [-0.4, -0.2) is 33.6 Å². The maximum absolute atomic E-state index is 8.55. The van der Waals surface area contributed by atoms with E-state index < -0.39 is 0 Å². The Morgan fingerprint density at radius 3 is 1.07 bits per heavy atom. The molecule has 0 aliphatic carbocycles. The van der Waals surface area contributed by atoms with Crippen LogP contribution in [0.5, 0.6) is 0 Å². The van der Waals surface area contributed by atoms with Gasteiger partial charge in [-0.3, -0.25) is 0 Å². The Hall–Kier alpha value is -0.120. The second kappa shape index (κ2) is 16.3. The number of hydrogen-bond acceptors (Lipinski definition) is 3. The van der Waals surface area contributed by atoms with Gasteiger partial charge >= 0.3 is 0 Å². The van der Waals surface area contributed by atoms with E-state index in [9.17, 15) is 0 Å². The summed E-state index contributed by atoms with van der Waals surface area (Å²) in [6.07, 6.45) is 2.49. The van der Waals surface area contributed by atoms with E-state index in [0.717, 1.165) is 19.3 Å². The molecule has 0 amide bonds. The zero-order chi connectivity index (χ0) is 12.9. The lowest BCUT2D eigenvalue weighted by atomic mass is 10.2. The zero-order valence-corrected chi connectivity index (χ0v) is 11.2. The van der Waals surface area contributed by atoms with Crippen LogP contribution in [0, 0.1) is 0 Å². The second-order valence-corrected chi connectivity index (χ2v) is 3.99. The van der Waals surface area contributed by atoms with Gasteiger partial charge in [-0.05, 0) is 40.5 Å². The maximum atomic E-state index is 8.55. The van der Waals surface area contributed by atoms with E-state index in [1.54, 1.807) is 20.8 Å². The normalized spacial score (nSPS) is 13.2. The van der Waals surface area contributed by atoms with Crippen molar-refractivity contribution >= 4 is 0 Å². The Bertz CT molecular complexity index is 88.1. The topological polar surface area (TPSA) is 60.7 Å². The third-order valence-electron chi connectivity index (χ3n) is 1.30. The first-order chi connectivity index (χ1) is 6.77. The predicted molar refractivity (Wildman–Crippen MR) is 65.9 cm³/mol. The van der Waals surface area contributed by atoms with Gasteiger partial charge in [-0.1, -0.05) is 20.3 Å². The summed E-state index contributed by atoms with van der Waals surface area (Å²) in [5.41, 5.74) is 0. The third-order valence-corrected chi connectivity index (χ3v) is 1.30. The van der Waals surface area contributed by atoms with Crippen molar-refractivity contribution < 1.29 is 15.3 Å². The molecule has 2 atom stereocenters. The molecule has 0 saturated carbocycles. The molecule has 3 N–H and O–H groups in total. The van der Waals surface area contributed by atoms with E-state index in [1.165, 1.54) is 0 Å². The van der Waals surface area contributed by atoms with E-state index in [0.29, 0.717) is 0 Å². The van der Waals surface area contributed by atoms with Gasteiger partial charge in [0, 0.05) is 6.10 Å². The van der Waals surface area contributed by atoms with Crippen LogP contribution >= 0.6 is 0 Å². The first kappa shape index (κ1) is 20.3. The third kappa shape index (κ3) is 82.3. The summed E-state index contributed by atoms with van der Waals surface area (Å²) in [5, 5.41) is 25.0. The molecule has 0 saturated heterocycles. The molecule has 0 rings (SSSR count). The summed E-state index contributed by atoms with van der Waals surface area (Å²) in [6.45, 7) is 11.0. The lowest BCUT2D eigenvalue weighted by molar-refractivity contribution is 0.183. The Balaban J connectivity index is -0.000000147. The van der Waals surface area contributed by atoms with Crippen LogP contribution in [0.2, 0.25) is 0 Å². The van der Waals surface area contributed by atoms with Gasteiger partial charge in [-0.2, -0.15) is 0 Å². The fourth-order valence-electron chi connectivity index (χ4n) is 0.418. The molecule has 3 heteroatoms. The molecule has 0 radical (unpaired) electrons. The highest BCUT2D eigenvalue weighted by atomic mass is 16.3. The molecule has 0 aliphatic heterocycles. The Morgan fingerprint density at radius 2 is 1.07 bits per heavy atom. The first-order valence-corrected chi connectivity index (χ1v) is 5.81. The summed E-state index contributed by atoms with van der Waals surface area (Å²) in [4.78, 5) is 0. The first-order valence-electron chi connectivity index (χ1n) is 5.81. The highest BCUT2D eigenvalue weighted by Gasteiger charge is 1.87. The van der Waals surface area contributed by atoms with Gasteiger partial charge < -0.3 is 15.3 Å². The van der Waals surface area contributed by atoms with E-state index >= 15 is 0 Å². The van der Waals surface area contributed by atoms with Gasteiger partial charge in [0.15, 0.2) is 0 Å². The second-order valence-electron chi connectivity index (χ2n) is 3.99. The zero-order valence-electron chi connectivity index (χ0n) is 11.2. The number of rotatable bonds is 3. The standard InChI is InChI=1S/C5H12O.C4H10O.C3H8O/c1-3-4-5(2)6;1-3-4(2)5;1-3(2)4/h5-6H,3-4H2,1-2H3;4-5H,3H2,1-2H3;3-4H,1-2H3. The Morgan fingerprint density at radius 1 is 0.800 bits per heavy atom. The largest absolute Gasteiger partial charge is 0.394 e. The van der Waals surface area contributed by atoms with Crippen molar-refractivity contribution in [1.29, 1.82) is 0 Å². The molecule has 0 fully saturated rings. The molecule has 0 heterocycles. The van der Waals surface area contributed by atoms with Crippen LogP contribution in [0.4, 0.5) is 0 Å². The van der Waals surface area contributed by atoms with E-state index in [2.05, 4.69) is 6.92 Å². The summed E-state index contributed by atoms with van der Waals surface area (Å²) < 4.78 is 0. The summed E-state index contributed by atoms with van der Waals surface area (Å²) >= 11 is 0. The molecule has 0 aliphatic rings. The van der Waals surface area contributed by atoms with Gasteiger partial charge in [-0.15, -0.1) is 0 Å². The fraction of sp³-hybridized carbons (Fsp3) is 1.00. The van der Waals surface area contributed by atoms with E-state index in [4.69, 9.17) is 15.3 Å². The quantitative estimate of drug-likeness (QED) is 0.687. The minimum atomic E-state index is -0.167. The highest BCUT2D eigenvalue weighted by Crippen LogP contribution is 1.91. The molecule has 96 valence electrons.